The summed E-state index contributed by atoms with van der Waals surface area (Å²) in [6, 6.07) is 8.19. The average molecular weight is 297 g/mol. The molecule has 0 amide bonds. The van der Waals surface area contributed by atoms with Gasteiger partial charge in [0.2, 0.25) is 0 Å². The first-order valence-electron chi connectivity index (χ1n) is 5.13. The van der Waals surface area contributed by atoms with E-state index >= 15 is 0 Å². The van der Waals surface area contributed by atoms with Gasteiger partial charge in [-0.2, -0.15) is 12.6 Å². The van der Waals surface area contributed by atoms with Crippen molar-refractivity contribution in [3.05, 3.63) is 40.3 Å². The van der Waals surface area contributed by atoms with Crippen molar-refractivity contribution in [2.24, 2.45) is 0 Å². The van der Waals surface area contributed by atoms with Crippen molar-refractivity contribution in [2.75, 3.05) is 5.75 Å². The second kappa shape index (κ2) is 5.06. The molecule has 0 aliphatic rings. The molecule has 2 rings (SSSR count). The number of aromatic nitrogens is 2. The van der Waals surface area contributed by atoms with Crippen LogP contribution in [0.4, 0.5) is 0 Å². The number of halogens is 1. The number of aromatic amines is 1. The van der Waals surface area contributed by atoms with Crippen LogP contribution >= 0.6 is 28.6 Å². The number of benzene rings is 1. The van der Waals surface area contributed by atoms with E-state index in [1.54, 1.807) is 0 Å². The molecule has 0 bridgehead atoms. The van der Waals surface area contributed by atoms with Crippen molar-refractivity contribution < 1.29 is 0 Å². The number of thiol groups is 1. The average Bonchev–Trinajstić information content (AvgIpc) is 2.61. The Morgan fingerprint density at radius 2 is 2.00 bits per heavy atom. The Bertz CT molecular complexity index is 476. The fraction of sp³-hybridized carbons (Fsp3) is 0.250. The van der Waals surface area contributed by atoms with Crippen LogP contribution in [0, 0.1) is 6.92 Å². The van der Waals surface area contributed by atoms with Crippen molar-refractivity contribution in [2.45, 2.75) is 13.3 Å². The molecule has 1 aromatic heterocycles. The number of nitrogens with zero attached hydrogens (tertiary/aromatic N) is 1. The van der Waals surface area contributed by atoms with Crippen LogP contribution in [0.15, 0.2) is 28.7 Å². The molecule has 1 heterocycles. The molecule has 0 spiro atoms. The topological polar surface area (TPSA) is 28.7 Å². The van der Waals surface area contributed by atoms with Crippen molar-refractivity contribution in [1.82, 2.24) is 9.97 Å². The summed E-state index contributed by atoms with van der Waals surface area (Å²) in [4.78, 5) is 7.87. The molecule has 84 valence electrons. The second-order valence-electron chi connectivity index (χ2n) is 3.64. The lowest BCUT2D eigenvalue weighted by atomic mass is 10.1. The normalized spacial score (nSPS) is 10.7. The zero-order valence-corrected chi connectivity index (χ0v) is 11.5. The van der Waals surface area contributed by atoms with Gasteiger partial charge in [-0.3, -0.25) is 0 Å². The Labute approximate surface area is 109 Å². The lowest BCUT2D eigenvalue weighted by Crippen LogP contribution is -1.88. The molecule has 0 saturated carbocycles. The Kier molecular flexibility index (Phi) is 3.71. The number of hydrogen-bond donors (Lipinski definition) is 2. The van der Waals surface area contributed by atoms with E-state index in [1.165, 1.54) is 0 Å². The fourth-order valence-corrected chi connectivity index (χ4v) is 2.11. The molecule has 4 heteroatoms. The first-order valence-corrected chi connectivity index (χ1v) is 6.55. The van der Waals surface area contributed by atoms with E-state index in [4.69, 9.17) is 0 Å². The van der Waals surface area contributed by atoms with E-state index in [1.807, 2.05) is 19.1 Å². The van der Waals surface area contributed by atoms with E-state index in [2.05, 4.69) is 50.7 Å². The number of rotatable bonds is 3. The van der Waals surface area contributed by atoms with E-state index < -0.39 is 0 Å². The molecule has 0 unspecified atom stereocenters. The largest absolute Gasteiger partial charge is 0.346 e. The zero-order chi connectivity index (χ0) is 11.5. The van der Waals surface area contributed by atoms with Gasteiger partial charge < -0.3 is 4.98 Å². The van der Waals surface area contributed by atoms with Gasteiger partial charge in [0.1, 0.15) is 5.82 Å². The van der Waals surface area contributed by atoms with Gasteiger partial charge in [0.05, 0.1) is 5.69 Å². The molecule has 2 aromatic rings. The highest BCUT2D eigenvalue weighted by Gasteiger charge is 2.08. The number of aryl methyl sites for hydroxylation is 2. The smallest absolute Gasteiger partial charge is 0.107 e. The predicted molar refractivity (Wildman–Crippen MR) is 74.0 cm³/mol. The van der Waals surface area contributed by atoms with Crippen molar-refractivity contribution >= 4 is 28.6 Å². The van der Waals surface area contributed by atoms with Gasteiger partial charge in [-0.15, -0.1) is 0 Å². The monoisotopic (exact) mass is 296 g/mol. The van der Waals surface area contributed by atoms with Crippen LogP contribution < -0.4 is 0 Å². The van der Waals surface area contributed by atoms with Gasteiger partial charge in [0, 0.05) is 22.2 Å². The molecule has 0 atom stereocenters. The molecule has 1 aromatic carbocycles. The third-order valence-electron chi connectivity index (χ3n) is 2.40. The minimum absolute atomic E-state index is 0.812. The number of imidazole rings is 1. The molecule has 16 heavy (non-hydrogen) atoms. The van der Waals surface area contributed by atoms with Gasteiger partial charge in [0.15, 0.2) is 0 Å². The summed E-state index contributed by atoms with van der Waals surface area (Å²) in [6.07, 6.45) is 0.875. The van der Waals surface area contributed by atoms with Gasteiger partial charge in [-0.05, 0) is 24.8 Å². The molecule has 0 fully saturated rings. The Balaban J connectivity index is 2.36. The zero-order valence-electron chi connectivity index (χ0n) is 9.00. The predicted octanol–water partition coefficient (Wildman–Crippen LogP) is 3.62. The maximum absolute atomic E-state index is 4.58. The summed E-state index contributed by atoms with van der Waals surface area (Å²) >= 11 is 7.64. The van der Waals surface area contributed by atoms with Crippen LogP contribution in [-0.2, 0) is 6.42 Å². The maximum atomic E-state index is 4.58. The first-order chi connectivity index (χ1) is 7.70. The molecule has 0 aliphatic heterocycles. The third-order valence-corrected chi connectivity index (χ3v) is 3.15. The molecule has 1 N–H and O–H groups in total. The summed E-state index contributed by atoms with van der Waals surface area (Å²) in [5, 5.41) is 0. The summed E-state index contributed by atoms with van der Waals surface area (Å²) in [5.41, 5.74) is 3.28. The molecular weight excluding hydrogens is 284 g/mol. The summed E-state index contributed by atoms with van der Waals surface area (Å²) in [6.45, 7) is 2.05. The highest BCUT2D eigenvalue weighted by Crippen LogP contribution is 2.23. The van der Waals surface area contributed by atoms with Crippen LogP contribution in [0.5, 0.6) is 0 Å². The lowest BCUT2D eigenvalue weighted by molar-refractivity contribution is 0.995. The van der Waals surface area contributed by atoms with Crippen molar-refractivity contribution in [3.63, 3.8) is 0 Å². The summed E-state index contributed by atoms with van der Waals surface area (Å²) in [7, 11) is 0. The van der Waals surface area contributed by atoms with Crippen LogP contribution in [0.1, 0.15) is 11.5 Å². The fourth-order valence-electron chi connectivity index (χ4n) is 1.64. The highest BCUT2D eigenvalue weighted by atomic mass is 79.9. The third kappa shape index (κ3) is 2.50. The highest BCUT2D eigenvalue weighted by molar-refractivity contribution is 9.10. The van der Waals surface area contributed by atoms with E-state index in [-0.39, 0.29) is 0 Å². The maximum Gasteiger partial charge on any atom is 0.107 e. The van der Waals surface area contributed by atoms with Gasteiger partial charge in [-0.25, -0.2) is 4.98 Å². The number of nitrogens with one attached hydrogen (secondary N) is 1. The summed E-state index contributed by atoms with van der Waals surface area (Å²) < 4.78 is 1.08. The number of H-pyrrole nitrogens is 1. The lowest BCUT2D eigenvalue weighted by Gasteiger charge is -1.98. The molecular formula is C12H13BrN2S. The van der Waals surface area contributed by atoms with E-state index in [0.29, 0.717) is 0 Å². The Morgan fingerprint density at radius 3 is 2.62 bits per heavy atom. The van der Waals surface area contributed by atoms with Crippen molar-refractivity contribution in [3.8, 4) is 11.3 Å². The van der Waals surface area contributed by atoms with Crippen molar-refractivity contribution in [1.29, 1.82) is 0 Å². The first kappa shape index (κ1) is 11.7. The molecule has 0 radical (unpaired) electrons. The SMILES string of the molecule is Cc1[nH]c(CCS)nc1-c1ccc(Br)cc1. The standard InChI is InChI=1S/C12H13BrN2S/c1-8-12(15-11(14-8)6-7-16)9-2-4-10(13)5-3-9/h2-5,16H,6-7H2,1H3,(H,14,15). The quantitative estimate of drug-likeness (QED) is 0.832. The van der Waals surface area contributed by atoms with Crippen LogP contribution in [0.25, 0.3) is 11.3 Å². The molecule has 0 aliphatic carbocycles. The van der Waals surface area contributed by atoms with Crippen LogP contribution in [0.3, 0.4) is 0 Å². The van der Waals surface area contributed by atoms with Crippen LogP contribution in [-0.4, -0.2) is 15.7 Å². The van der Waals surface area contributed by atoms with E-state index in [0.717, 1.165) is 39.4 Å². The number of hydrogen-bond acceptors (Lipinski definition) is 2. The van der Waals surface area contributed by atoms with E-state index in [9.17, 15) is 0 Å². The molecule has 2 nitrogen and oxygen atoms in total. The summed E-state index contributed by atoms with van der Waals surface area (Å²) in [5.74, 6) is 1.82. The van der Waals surface area contributed by atoms with Gasteiger partial charge >= 0.3 is 0 Å². The molecule has 0 saturated heterocycles. The van der Waals surface area contributed by atoms with Gasteiger partial charge in [0.25, 0.3) is 0 Å². The van der Waals surface area contributed by atoms with Crippen LogP contribution in [0.2, 0.25) is 0 Å². The Morgan fingerprint density at radius 1 is 1.31 bits per heavy atom. The second-order valence-corrected chi connectivity index (χ2v) is 5.00. The minimum Gasteiger partial charge on any atom is -0.346 e. The minimum atomic E-state index is 0.812. The Hall–Kier alpha value is -0.740. The van der Waals surface area contributed by atoms with Gasteiger partial charge in [-0.1, -0.05) is 28.1 Å².